The summed E-state index contributed by atoms with van der Waals surface area (Å²) in [6, 6.07) is 12.3. The van der Waals surface area contributed by atoms with Gasteiger partial charge in [-0.15, -0.1) is 0 Å². The minimum Gasteiger partial charge on any atom is -0.380 e. The molecule has 124 valence electrons. The number of likely N-dealkylation sites (N-methyl/N-ethyl adjacent to an activating group) is 1. The first-order valence-corrected chi connectivity index (χ1v) is 8.57. The zero-order valence-electron chi connectivity index (χ0n) is 14.4. The maximum atomic E-state index is 13.4. The summed E-state index contributed by atoms with van der Waals surface area (Å²) < 4.78 is 13.4. The van der Waals surface area contributed by atoms with Crippen LogP contribution in [-0.2, 0) is 6.42 Å². The van der Waals surface area contributed by atoms with Gasteiger partial charge in [0.25, 0.3) is 0 Å². The van der Waals surface area contributed by atoms with Gasteiger partial charge in [-0.25, -0.2) is 4.39 Å². The van der Waals surface area contributed by atoms with E-state index in [4.69, 9.17) is 0 Å². The van der Waals surface area contributed by atoms with Gasteiger partial charge in [-0.2, -0.15) is 0 Å². The fourth-order valence-electron chi connectivity index (χ4n) is 3.97. The number of nitrogens with one attached hydrogen (secondary N) is 1. The molecule has 0 saturated carbocycles. The highest BCUT2D eigenvalue weighted by Crippen LogP contribution is 2.40. The molecule has 2 nitrogen and oxygen atoms in total. The van der Waals surface area contributed by atoms with Gasteiger partial charge in [-0.3, -0.25) is 0 Å². The van der Waals surface area contributed by atoms with Crippen molar-refractivity contribution in [2.45, 2.75) is 25.3 Å². The monoisotopic (exact) mass is 322 g/mol. The lowest BCUT2D eigenvalue weighted by Gasteiger charge is -2.20. The minimum atomic E-state index is -0.151. The van der Waals surface area contributed by atoms with Gasteiger partial charge in [0, 0.05) is 24.2 Å². The smallest absolute Gasteiger partial charge is 0.123 e. The van der Waals surface area contributed by atoms with Gasteiger partial charge in [0.05, 0.1) is 0 Å². The largest absolute Gasteiger partial charge is 0.380 e. The number of rotatable bonds is 3. The van der Waals surface area contributed by atoms with Crippen molar-refractivity contribution >= 4 is 11.3 Å². The Morgan fingerprint density at radius 3 is 2.79 bits per heavy atom. The zero-order chi connectivity index (χ0) is 16.8. The number of hydrogen-bond acceptors (Lipinski definition) is 2. The maximum absolute atomic E-state index is 13.4. The summed E-state index contributed by atoms with van der Waals surface area (Å²) in [7, 11) is 4.23. The standard InChI is InChI=1S/C21H23FN2/c1-13-19-11-15(5-9-20(19)23-21(13)12-24(2)3)17-7-4-14-10-16(22)6-8-18(14)17/h5-11,13,21,23H,4,12H2,1-3H3. The summed E-state index contributed by atoms with van der Waals surface area (Å²) in [6.45, 7) is 3.32. The van der Waals surface area contributed by atoms with E-state index in [1.807, 2.05) is 6.07 Å². The second-order valence-electron chi connectivity index (χ2n) is 7.23. The lowest BCUT2D eigenvalue weighted by atomic mass is 9.92. The Balaban J connectivity index is 1.66. The van der Waals surface area contributed by atoms with E-state index in [0.29, 0.717) is 12.0 Å². The second kappa shape index (κ2) is 5.75. The topological polar surface area (TPSA) is 15.3 Å². The van der Waals surface area contributed by atoms with E-state index < -0.39 is 0 Å². The van der Waals surface area contributed by atoms with Gasteiger partial charge < -0.3 is 10.2 Å². The molecule has 2 aromatic rings. The molecule has 0 saturated heterocycles. The molecule has 4 rings (SSSR count). The molecule has 2 aromatic carbocycles. The van der Waals surface area contributed by atoms with Crippen molar-refractivity contribution in [3.05, 3.63) is 70.5 Å². The highest BCUT2D eigenvalue weighted by atomic mass is 19.1. The average Bonchev–Trinajstić information content (AvgIpc) is 3.08. The molecule has 0 aromatic heterocycles. The number of anilines is 1. The molecule has 0 spiro atoms. The molecule has 2 atom stereocenters. The summed E-state index contributed by atoms with van der Waals surface area (Å²) in [4.78, 5) is 2.23. The van der Waals surface area contributed by atoms with E-state index in [1.165, 1.54) is 28.0 Å². The average molecular weight is 322 g/mol. The molecule has 2 aliphatic rings. The molecule has 3 heteroatoms. The van der Waals surface area contributed by atoms with Gasteiger partial charge >= 0.3 is 0 Å². The maximum Gasteiger partial charge on any atom is 0.123 e. The number of halogens is 1. The van der Waals surface area contributed by atoms with Gasteiger partial charge in [-0.1, -0.05) is 25.1 Å². The Labute approximate surface area is 143 Å². The third-order valence-corrected chi connectivity index (χ3v) is 5.24. The third-order valence-electron chi connectivity index (χ3n) is 5.24. The molecule has 0 bridgehead atoms. The number of hydrogen-bond donors (Lipinski definition) is 1. The van der Waals surface area contributed by atoms with Crippen molar-refractivity contribution in [3.8, 4) is 0 Å². The molecule has 1 aliphatic heterocycles. The molecule has 1 N–H and O–H groups in total. The van der Waals surface area contributed by atoms with E-state index in [0.717, 1.165) is 18.5 Å². The fraction of sp³-hybridized carbons (Fsp3) is 0.333. The summed E-state index contributed by atoms with van der Waals surface area (Å²) in [5, 5.41) is 3.65. The van der Waals surface area contributed by atoms with Crippen LogP contribution >= 0.6 is 0 Å². The van der Waals surface area contributed by atoms with Crippen molar-refractivity contribution in [1.29, 1.82) is 0 Å². The van der Waals surface area contributed by atoms with Gasteiger partial charge in [-0.05, 0) is 72.6 Å². The summed E-state index contributed by atoms with van der Waals surface area (Å²) in [5.74, 6) is 0.332. The van der Waals surface area contributed by atoms with Gasteiger partial charge in [0.15, 0.2) is 0 Å². The zero-order valence-corrected chi connectivity index (χ0v) is 14.4. The Morgan fingerprint density at radius 2 is 2.00 bits per heavy atom. The van der Waals surface area contributed by atoms with Crippen LogP contribution in [0.2, 0.25) is 0 Å². The van der Waals surface area contributed by atoms with Gasteiger partial charge in [0.2, 0.25) is 0 Å². The SMILES string of the molecule is CC1c2cc(C3=CCc4cc(F)ccc43)ccc2NC1CN(C)C. The van der Waals surface area contributed by atoms with Crippen LogP contribution in [0.4, 0.5) is 10.1 Å². The summed E-state index contributed by atoms with van der Waals surface area (Å²) in [5.41, 5.74) is 7.35. The number of fused-ring (bicyclic) bond motifs is 2. The lowest BCUT2D eigenvalue weighted by molar-refractivity contribution is 0.371. The number of nitrogens with zero attached hydrogens (tertiary/aromatic N) is 1. The normalized spacial score (nSPS) is 21.5. The van der Waals surface area contributed by atoms with E-state index in [1.54, 1.807) is 12.1 Å². The molecule has 1 aliphatic carbocycles. The summed E-state index contributed by atoms with van der Waals surface area (Å²) in [6.07, 6.45) is 3.03. The van der Waals surface area contributed by atoms with Crippen LogP contribution in [0, 0.1) is 5.82 Å². The molecule has 1 heterocycles. The van der Waals surface area contributed by atoms with Crippen LogP contribution in [-0.4, -0.2) is 31.6 Å². The van der Waals surface area contributed by atoms with Crippen molar-refractivity contribution in [2.75, 3.05) is 26.0 Å². The number of allylic oxidation sites excluding steroid dienone is 1. The van der Waals surface area contributed by atoms with Crippen molar-refractivity contribution < 1.29 is 4.39 Å². The highest BCUT2D eigenvalue weighted by Gasteiger charge is 2.29. The van der Waals surface area contributed by atoms with Crippen LogP contribution in [0.5, 0.6) is 0 Å². The van der Waals surface area contributed by atoms with E-state index >= 15 is 0 Å². The molecule has 2 unspecified atom stereocenters. The Hall–Kier alpha value is -2.13. The molecular weight excluding hydrogens is 299 g/mol. The predicted molar refractivity (Wildman–Crippen MR) is 98.0 cm³/mol. The quantitative estimate of drug-likeness (QED) is 0.908. The Morgan fingerprint density at radius 1 is 1.17 bits per heavy atom. The molecule has 24 heavy (non-hydrogen) atoms. The first kappa shape index (κ1) is 15.4. The predicted octanol–water partition coefficient (Wildman–Crippen LogP) is 4.27. The molecule has 0 amide bonds. The van der Waals surface area contributed by atoms with Crippen LogP contribution in [0.3, 0.4) is 0 Å². The summed E-state index contributed by atoms with van der Waals surface area (Å²) >= 11 is 0. The van der Waals surface area contributed by atoms with Crippen LogP contribution < -0.4 is 5.32 Å². The lowest BCUT2D eigenvalue weighted by Crippen LogP contribution is -2.32. The molecular formula is C21H23FN2. The molecule has 0 fully saturated rings. The van der Waals surface area contributed by atoms with E-state index in [9.17, 15) is 4.39 Å². The first-order valence-electron chi connectivity index (χ1n) is 8.57. The van der Waals surface area contributed by atoms with Crippen molar-refractivity contribution in [2.24, 2.45) is 0 Å². The first-order chi connectivity index (χ1) is 11.5. The fourth-order valence-corrected chi connectivity index (χ4v) is 3.97. The van der Waals surface area contributed by atoms with E-state index in [2.05, 4.69) is 55.5 Å². The van der Waals surface area contributed by atoms with Crippen molar-refractivity contribution in [1.82, 2.24) is 4.90 Å². The van der Waals surface area contributed by atoms with Crippen molar-refractivity contribution in [3.63, 3.8) is 0 Å². The molecule has 0 radical (unpaired) electrons. The Kier molecular flexibility index (Phi) is 3.69. The second-order valence-corrected chi connectivity index (χ2v) is 7.23. The highest BCUT2D eigenvalue weighted by molar-refractivity contribution is 5.86. The Bertz CT molecular complexity index is 823. The van der Waals surface area contributed by atoms with E-state index in [-0.39, 0.29) is 5.82 Å². The van der Waals surface area contributed by atoms with Crippen LogP contribution in [0.15, 0.2) is 42.5 Å². The van der Waals surface area contributed by atoms with Crippen LogP contribution in [0.25, 0.3) is 5.57 Å². The third kappa shape index (κ3) is 2.53. The number of benzene rings is 2. The van der Waals surface area contributed by atoms with Crippen LogP contribution in [0.1, 0.15) is 35.1 Å². The minimum absolute atomic E-state index is 0.151. The van der Waals surface area contributed by atoms with Gasteiger partial charge in [0.1, 0.15) is 5.82 Å².